The smallest absolute Gasteiger partial charge is 0.146 e. The molecule has 1 unspecified atom stereocenters. The predicted octanol–water partition coefficient (Wildman–Crippen LogP) is 3.71. The Labute approximate surface area is 95.0 Å². The van der Waals surface area contributed by atoms with Gasteiger partial charge in [-0.2, -0.15) is 0 Å². The number of rotatable bonds is 3. The summed E-state index contributed by atoms with van der Waals surface area (Å²) in [6, 6.07) is 4.91. The van der Waals surface area contributed by atoms with E-state index in [0.717, 1.165) is 5.57 Å². The number of benzene rings is 1. The van der Waals surface area contributed by atoms with Crippen LogP contribution in [0, 0.1) is 5.82 Å². The first kappa shape index (κ1) is 12.2. The van der Waals surface area contributed by atoms with Crippen LogP contribution in [0.5, 0.6) is 0 Å². The molecule has 0 heterocycles. The second-order valence-electron chi connectivity index (χ2n) is 3.65. The highest BCUT2D eigenvalue weighted by atomic mass is 35.5. The van der Waals surface area contributed by atoms with Crippen molar-refractivity contribution in [3.8, 4) is 0 Å². The van der Waals surface area contributed by atoms with Gasteiger partial charge in [-0.1, -0.05) is 35.4 Å². The van der Waals surface area contributed by atoms with E-state index in [1.54, 1.807) is 25.2 Å². The molecule has 3 heteroatoms. The lowest BCUT2D eigenvalue weighted by Crippen LogP contribution is -2.15. The number of halogens is 2. The Morgan fingerprint density at radius 3 is 2.67 bits per heavy atom. The highest BCUT2D eigenvalue weighted by Gasteiger charge is 2.13. The average molecular weight is 228 g/mol. The molecule has 1 nitrogen and oxygen atoms in total. The first-order chi connectivity index (χ1) is 7.06. The second-order valence-corrected chi connectivity index (χ2v) is 4.06. The quantitative estimate of drug-likeness (QED) is 0.777. The molecule has 15 heavy (non-hydrogen) atoms. The van der Waals surface area contributed by atoms with Gasteiger partial charge in [0.05, 0.1) is 11.1 Å². The number of likely N-dealkylation sites (N-methyl/N-ethyl adjacent to an activating group) is 1. The third kappa shape index (κ3) is 3.05. The third-order valence-electron chi connectivity index (χ3n) is 2.13. The highest BCUT2D eigenvalue weighted by Crippen LogP contribution is 2.24. The molecule has 0 aliphatic heterocycles. The maximum Gasteiger partial charge on any atom is 0.146 e. The normalized spacial score (nSPS) is 12.3. The van der Waals surface area contributed by atoms with Crippen molar-refractivity contribution < 1.29 is 4.39 Å². The van der Waals surface area contributed by atoms with E-state index in [-0.39, 0.29) is 16.9 Å². The summed E-state index contributed by atoms with van der Waals surface area (Å²) in [6.07, 6.45) is 1.97. The molecule has 1 N–H and O–H groups in total. The molecule has 82 valence electrons. The SMILES string of the molecule is CNC(C=C(C)C)c1cccc(Cl)c1F. The minimum absolute atomic E-state index is 0.131. The van der Waals surface area contributed by atoms with Gasteiger partial charge in [-0.3, -0.25) is 0 Å². The molecule has 0 aromatic heterocycles. The molecular weight excluding hydrogens is 213 g/mol. The molecule has 1 aromatic carbocycles. The monoisotopic (exact) mass is 227 g/mol. The number of nitrogens with one attached hydrogen (secondary N) is 1. The summed E-state index contributed by atoms with van der Waals surface area (Å²) in [7, 11) is 1.80. The lowest BCUT2D eigenvalue weighted by Gasteiger charge is -2.14. The van der Waals surface area contributed by atoms with Gasteiger partial charge in [-0.25, -0.2) is 4.39 Å². The summed E-state index contributed by atoms with van der Waals surface area (Å²) in [6.45, 7) is 3.96. The molecule has 0 saturated carbocycles. The van der Waals surface area contributed by atoms with E-state index in [1.165, 1.54) is 0 Å². The van der Waals surface area contributed by atoms with Gasteiger partial charge in [0.25, 0.3) is 0 Å². The van der Waals surface area contributed by atoms with E-state index in [4.69, 9.17) is 11.6 Å². The van der Waals surface area contributed by atoms with Crippen molar-refractivity contribution >= 4 is 11.6 Å². The fourth-order valence-corrected chi connectivity index (χ4v) is 1.60. The predicted molar refractivity (Wildman–Crippen MR) is 62.6 cm³/mol. The second kappa shape index (κ2) is 5.29. The van der Waals surface area contributed by atoms with E-state index >= 15 is 0 Å². The summed E-state index contributed by atoms with van der Waals surface area (Å²) >= 11 is 5.73. The van der Waals surface area contributed by atoms with E-state index in [1.807, 2.05) is 19.9 Å². The highest BCUT2D eigenvalue weighted by molar-refractivity contribution is 6.30. The molecule has 0 radical (unpaired) electrons. The molecule has 0 aliphatic rings. The molecular formula is C12H15ClFN. The zero-order chi connectivity index (χ0) is 11.4. The largest absolute Gasteiger partial charge is 0.310 e. The van der Waals surface area contributed by atoms with Gasteiger partial charge in [0.1, 0.15) is 5.82 Å². The first-order valence-corrected chi connectivity index (χ1v) is 5.20. The van der Waals surface area contributed by atoms with Gasteiger partial charge in [-0.15, -0.1) is 0 Å². The Hall–Kier alpha value is -0.860. The topological polar surface area (TPSA) is 12.0 Å². The van der Waals surface area contributed by atoms with Crippen LogP contribution in [-0.4, -0.2) is 7.05 Å². The molecule has 0 saturated heterocycles. The van der Waals surface area contributed by atoms with E-state index < -0.39 is 0 Å². The third-order valence-corrected chi connectivity index (χ3v) is 2.42. The molecule has 0 amide bonds. The van der Waals surface area contributed by atoms with Crippen molar-refractivity contribution in [1.82, 2.24) is 5.32 Å². The Morgan fingerprint density at radius 1 is 1.47 bits per heavy atom. The molecule has 0 fully saturated rings. The van der Waals surface area contributed by atoms with Crippen LogP contribution in [-0.2, 0) is 0 Å². The van der Waals surface area contributed by atoms with E-state index in [2.05, 4.69) is 5.32 Å². The van der Waals surface area contributed by atoms with Crippen LogP contribution in [0.15, 0.2) is 29.8 Å². The first-order valence-electron chi connectivity index (χ1n) is 4.82. The van der Waals surface area contributed by atoms with Crippen molar-refractivity contribution in [2.45, 2.75) is 19.9 Å². The van der Waals surface area contributed by atoms with Crippen LogP contribution in [0.2, 0.25) is 5.02 Å². The summed E-state index contributed by atoms with van der Waals surface area (Å²) in [4.78, 5) is 0. The maximum absolute atomic E-state index is 13.7. The average Bonchev–Trinajstić information content (AvgIpc) is 2.19. The molecule has 1 aromatic rings. The van der Waals surface area contributed by atoms with Crippen LogP contribution >= 0.6 is 11.6 Å². The molecule has 1 rings (SSSR count). The fraction of sp³-hybridized carbons (Fsp3) is 0.333. The zero-order valence-corrected chi connectivity index (χ0v) is 9.90. The lowest BCUT2D eigenvalue weighted by atomic mass is 10.0. The Bertz CT molecular complexity index is 370. The van der Waals surface area contributed by atoms with Gasteiger partial charge in [0.15, 0.2) is 0 Å². The van der Waals surface area contributed by atoms with Gasteiger partial charge in [-0.05, 0) is 27.0 Å². The van der Waals surface area contributed by atoms with E-state index in [9.17, 15) is 4.39 Å². The van der Waals surface area contributed by atoms with Gasteiger partial charge in [0.2, 0.25) is 0 Å². The number of allylic oxidation sites excluding steroid dienone is 1. The minimum atomic E-state index is -0.351. The van der Waals surface area contributed by atoms with Gasteiger partial charge >= 0.3 is 0 Å². The van der Waals surface area contributed by atoms with Gasteiger partial charge < -0.3 is 5.32 Å². The van der Waals surface area contributed by atoms with Crippen LogP contribution < -0.4 is 5.32 Å². The number of hydrogen-bond donors (Lipinski definition) is 1. The molecule has 0 spiro atoms. The van der Waals surface area contributed by atoms with Crippen LogP contribution in [0.4, 0.5) is 4.39 Å². The summed E-state index contributed by atoms with van der Waals surface area (Å²) < 4.78 is 13.7. The van der Waals surface area contributed by atoms with Crippen molar-refractivity contribution in [1.29, 1.82) is 0 Å². The Balaban J connectivity index is 3.13. The van der Waals surface area contributed by atoms with Crippen molar-refractivity contribution in [3.05, 3.63) is 46.3 Å². The number of hydrogen-bond acceptors (Lipinski definition) is 1. The van der Waals surface area contributed by atoms with E-state index in [0.29, 0.717) is 5.56 Å². The fourth-order valence-electron chi connectivity index (χ4n) is 1.42. The molecule has 0 aliphatic carbocycles. The van der Waals surface area contributed by atoms with Crippen molar-refractivity contribution in [3.63, 3.8) is 0 Å². The van der Waals surface area contributed by atoms with Crippen LogP contribution in [0.1, 0.15) is 25.5 Å². The lowest BCUT2D eigenvalue weighted by molar-refractivity contribution is 0.581. The summed E-state index contributed by atoms with van der Waals surface area (Å²) in [5.74, 6) is -0.351. The minimum Gasteiger partial charge on any atom is -0.310 e. The summed E-state index contributed by atoms with van der Waals surface area (Å²) in [5.41, 5.74) is 1.71. The Morgan fingerprint density at radius 2 is 2.13 bits per heavy atom. The van der Waals surface area contributed by atoms with Crippen LogP contribution in [0.3, 0.4) is 0 Å². The maximum atomic E-state index is 13.7. The standard InChI is InChI=1S/C12H15ClFN/c1-8(2)7-11(15-3)9-5-4-6-10(13)12(9)14/h4-7,11,15H,1-3H3. The molecule has 0 bridgehead atoms. The van der Waals surface area contributed by atoms with Crippen LogP contribution in [0.25, 0.3) is 0 Å². The zero-order valence-electron chi connectivity index (χ0n) is 9.14. The molecule has 1 atom stereocenters. The summed E-state index contributed by atoms with van der Waals surface area (Å²) in [5, 5.41) is 3.20. The van der Waals surface area contributed by atoms with Gasteiger partial charge in [0, 0.05) is 5.56 Å². The van der Waals surface area contributed by atoms with Crippen molar-refractivity contribution in [2.24, 2.45) is 0 Å². The Kier molecular flexibility index (Phi) is 4.30. The van der Waals surface area contributed by atoms with Crippen molar-refractivity contribution in [2.75, 3.05) is 7.05 Å².